The van der Waals surface area contributed by atoms with E-state index in [1.807, 2.05) is 0 Å². The van der Waals surface area contributed by atoms with Crippen LogP contribution in [0.4, 0.5) is 4.79 Å². The molecule has 0 bridgehead atoms. The third kappa shape index (κ3) is 2.72. The first-order valence-electron chi connectivity index (χ1n) is 4.48. The SMILES string of the molecule is COC(=O)NC1CCC(C(C)=O)C1. The number of hydrogen-bond donors (Lipinski definition) is 1. The lowest BCUT2D eigenvalue weighted by Gasteiger charge is -2.10. The molecular formula is C9H15NO3. The van der Waals surface area contributed by atoms with Gasteiger partial charge in [-0.3, -0.25) is 4.79 Å². The molecule has 1 aliphatic carbocycles. The van der Waals surface area contributed by atoms with E-state index >= 15 is 0 Å². The number of rotatable bonds is 2. The van der Waals surface area contributed by atoms with Gasteiger partial charge < -0.3 is 10.1 Å². The highest BCUT2D eigenvalue weighted by molar-refractivity contribution is 5.78. The molecule has 0 heterocycles. The quantitative estimate of drug-likeness (QED) is 0.700. The van der Waals surface area contributed by atoms with E-state index < -0.39 is 6.09 Å². The van der Waals surface area contributed by atoms with E-state index in [-0.39, 0.29) is 17.7 Å². The lowest BCUT2D eigenvalue weighted by Crippen LogP contribution is -2.32. The van der Waals surface area contributed by atoms with Crippen LogP contribution >= 0.6 is 0 Å². The number of carbonyl (C=O) groups is 2. The third-order valence-corrected chi connectivity index (χ3v) is 2.51. The zero-order valence-electron chi connectivity index (χ0n) is 8.00. The Morgan fingerprint density at radius 1 is 1.38 bits per heavy atom. The van der Waals surface area contributed by atoms with E-state index in [1.54, 1.807) is 6.92 Å². The van der Waals surface area contributed by atoms with Crippen molar-refractivity contribution in [2.45, 2.75) is 32.2 Å². The number of alkyl carbamates (subject to hydrolysis) is 1. The number of methoxy groups -OCH3 is 1. The number of Topliss-reactive ketones (excluding diaryl/α,β-unsaturated/α-hetero) is 1. The molecule has 1 amide bonds. The lowest BCUT2D eigenvalue weighted by atomic mass is 10.0. The van der Waals surface area contributed by atoms with Gasteiger partial charge in [-0.05, 0) is 26.2 Å². The second-order valence-electron chi connectivity index (χ2n) is 3.45. The summed E-state index contributed by atoms with van der Waals surface area (Å²) < 4.78 is 4.47. The Kier molecular flexibility index (Phi) is 3.28. The summed E-state index contributed by atoms with van der Waals surface area (Å²) in [5, 5.41) is 2.70. The number of amides is 1. The minimum atomic E-state index is -0.408. The van der Waals surface area contributed by atoms with Gasteiger partial charge in [-0.2, -0.15) is 0 Å². The van der Waals surface area contributed by atoms with Crippen molar-refractivity contribution in [1.82, 2.24) is 5.32 Å². The Morgan fingerprint density at radius 3 is 2.54 bits per heavy atom. The molecule has 0 aromatic heterocycles. The number of ether oxygens (including phenoxy) is 1. The van der Waals surface area contributed by atoms with Crippen LogP contribution in [0.15, 0.2) is 0 Å². The fourth-order valence-corrected chi connectivity index (χ4v) is 1.71. The Bertz CT molecular complexity index is 215. The summed E-state index contributed by atoms with van der Waals surface area (Å²) in [6.07, 6.45) is 2.10. The summed E-state index contributed by atoms with van der Waals surface area (Å²) in [6.45, 7) is 1.60. The zero-order valence-corrected chi connectivity index (χ0v) is 8.00. The summed E-state index contributed by atoms with van der Waals surface area (Å²) >= 11 is 0. The molecular weight excluding hydrogens is 170 g/mol. The van der Waals surface area contributed by atoms with Gasteiger partial charge in [0.1, 0.15) is 5.78 Å². The third-order valence-electron chi connectivity index (χ3n) is 2.51. The summed E-state index contributed by atoms with van der Waals surface area (Å²) in [5.41, 5.74) is 0. The van der Waals surface area contributed by atoms with Crippen molar-refractivity contribution in [3.8, 4) is 0 Å². The number of carbonyl (C=O) groups excluding carboxylic acids is 2. The Balaban J connectivity index is 2.33. The van der Waals surface area contributed by atoms with Gasteiger partial charge in [0, 0.05) is 12.0 Å². The average molecular weight is 185 g/mol. The van der Waals surface area contributed by atoms with E-state index in [9.17, 15) is 9.59 Å². The molecule has 1 saturated carbocycles. The van der Waals surface area contributed by atoms with E-state index in [1.165, 1.54) is 7.11 Å². The molecule has 0 aromatic rings. The van der Waals surface area contributed by atoms with Crippen molar-refractivity contribution in [3.05, 3.63) is 0 Å². The van der Waals surface area contributed by atoms with Crippen molar-refractivity contribution in [2.24, 2.45) is 5.92 Å². The second-order valence-corrected chi connectivity index (χ2v) is 3.45. The van der Waals surface area contributed by atoms with Crippen LogP contribution in [0.5, 0.6) is 0 Å². The monoisotopic (exact) mass is 185 g/mol. The molecule has 0 spiro atoms. The van der Waals surface area contributed by atoms with Crippen LogP contribution in [-0.2, 0) is 9.53 Å². The van der Waals surface area contributed by atoms with Crippen LogP contribution in [0.2, 0.25) is 0 Å². The van der Waals surface area contributed by atoms with Gasteiger partial charge in [-0.15, -0.1) is 0 Å². The fraction of sp³-hybridized carbons (Fsp3) is 0.778. The first-order valence-corrected chi connectivity index (χ1v) is 4.48. The highest BCUT2D eigenvalue weighted by Gasteiger charge is 2.28. The van der Waals surface area contributed by atoms with Gasteiger partial charge >= 0.3 is 6.09 Å². The molecule has 4 nitrogen and oxygen atoms in total. The smallest absolute Gasteiger partial charge is 0.407 e. The van der Waals surface area contributed by atoms with Crippen LogP contribution < -0.4 is 5.32 Å². The number of nitrogens with one attached hydrogen (secondary N) is 1. The highest BCUT2D eigenvalue weighted by atomic mass is 16.5. The maximum atomic E-state index is 11.0. The molecule has 2 unspecified atom stereocenters. The van der Waals surface area contributed by atoms with Gasteiger partial charge in [0.05, 0.1) is 7.11 Å². The first-order chi connectivity index (χ1) is 6.13. The molecule has 1 aliphatic rings. The Labute approximate surface area is 77.6 Å². The van der Waals surface area contributed by atoms with Crippen molar-refractivity contribution in [1.29, 1.82) is 0 Å². The molecule has 1 N–H and O–H groups in total. The van der Waals surface area contributed by atoms with Crippen LogP contribution in [0.3, 0.4) is 0 Å². The van der Waals surface area contributed by atoms with E-state index in [2.05, 4.69) is 10.1 Å². The Morgan fingerprint density at radius 2 is 2.08 bits per heavy atom. The summed E-state index contributed by atoms with van der Waals surface area (Å²) in [6, 6.07) is 0.112. The van der Waals surface area contributed by atoms with Crippen LogP contribution in [0, 0.1) is 5.92 Å². The van der Waals surface area contributed by atoms with Crippen molar-refractivity contribution in [2.75, 3.05) is 7.11 Å². The predicted molar refractivity (Wildman–Crippen MR) is 47.4 cm³/mol. The molecule has 0 aliphatic heterocycles. The topological polar surface area (TPSA) is 55.4 Å². The number of ketones is 1. The van der Waals surface area contributed by atoms with Gasteiger partial charge in [0.25, 0.3) is 0 Å². The molecule has 74 valence electrons. The van der Waals surface area contributed by atoms with Gasteiger partial charge in [0.2, 0.25) is 0 Å². The van der Waals surface area contributed by atoms with Crippen LogP contribution in [-0.4, -0.2) is 25.0 Å². The lowest BCUT2D eigenvalue weighted by molar-refractivity contribution is -0.120. The van der Waals surface area contributed by atoms with Crippen LogP contribution in [0.25, 0.3) is 0 Å². The van der Waals surface area contributed by atoms with Gasteiger partial charge in [-0.25, -0.2) is 4.79 Å². The molecule has 1 rings (SSSR count). The van der Waals surface area contributed by atoms with E-state index in [0.29, 0.717) is 0 Å². The minimum absolute atomic E-state index is 0.112. The predicted octanol–water partition coefficient (Wildman–Crippen LogP) is 1.10. The molecule has 0 aromatic carbocycles. The molecule has 0 saturated heterocycles. The number of hydrogen-bond acceptors (Lipinski definition) is 3. The Hall–Kier alpha value is -1.06. The maximum Gasteiger partial charge on any atom is 0.407 e. The average Bonchev–Trinajstić information content (AvgIpc) is 2.52. The van der Waals surface area contributed by atoms with Crippen molar-refractivity contribution >= 4 is 11.9 Å². The molecule has 2 atom stereocenters. The van der Waals surface area contributed by atoms with E-state index in [0.717, 1.165) is 19.3 Å². The van der Waals surface area contributed by atoms with E-state index in [4.69, 9.17) is 0 Å². The molecule has 13 heavy (non-hydrogen) atoms. The minimum Gasteiger partial charge on any atom is -0.453 e. The van der Waals surface area contributed by atoms with Gasteiger partial charge in [-0.1, -0.05) is 0 Å². The normalized spacial score (nSPS) is 26.9. The second kappa shape index (κ2) is 4.25. The van der Waals surface area contributed by atoms with Crippen molar-refractivity contribution < 1.29 is 14.3 Å². The zero-order chi connectivity index (χ0) is 9.84. The van der Waals surface area contributed by atoms with Gasteiger partial charge in [0.15, 0.2) is 0 Å². The standard InChI is InChI=1S/C9H15NO3/c1-6(11)7-3-4-8(5-7)10-9(12)13-2/h7-8H,3-5H2,1-2H3,(H,10,12). The molecule has 1 fully saturated rings. The summed E-state index contributed by atoms with van der Waals surface area (Å²) in [7, 11) is 1.34. The highest BCUT2D eigenvalue weighted by Crippen LogP contribution is 2.26. The summed E-state index contributed by atoms with van der Waals surface area (Å²) in [4.78, 5) is 21.8. The van der Waals surface area contributed by atoms with Crippen LogP contribution in [0.1, 0.15) is 26.2 Å². The molecule has 0 radical (unpaired) electrons. The first kappa shape index (κ1) is 10.0. The maximum absolute atomic E-state index is 11.0. The van der Waals surface area contributed by atoms with Crippen molar-refractivity contribution in [3.63, 3.8) is 0 Å². The fourth-order valence-electron chi connectivity index (χ4n) is 1.71. The largest absolute Gasteiger partial charge is 0.453 e. The molecule has 4 heteroatoms. The summed E-state index contributed by atoms with van der Waals surface area (Å²) in [5.74, 6) is 0.344.